The molecule has 0 N–H and O–H groups in total. The lowest BCUT2D eigenvalue weighted by atomic mass is 10.1. The molecule has 1 saturated heterocycles. The minimum absolute atomic E-state index is 0.223. The minimum atomic E-state index is 0.223. The lowest BCUT2D eigenvalue weighted by Crippen LogP contribution is -2.29. The number of methoxy groups -OCH3 is 1. The van der Waals surface area contributed by atoms with Gasteiger partial charge >= 0.3 is 0 Å². The molecule has 0 atom stereocenters. The molecule has 0 bridgehead atoms. The summed E-state index contributed by atoms with van der Waals surface area (Å²) in [7, 11) is 1.55. The molecule has 0 saturated carbocycles. The number of likely N-dealkylation sites (tertiary alicyclic amines) is 1. The lowest BCUT2D eigenvalue weighted by Gasteiger charge is -2.20. The van der Waals surface area contributed by atoms with E-state index in [-0.39, 0.29) is 5.91 Å². The van der Waals surface area contributed by atoms with E-state index in [0.717, 1.165) is 31.4 Å². The molecule has 0 unspecified atom stereocenters. The normalized spacial score (nSPS) is 15.8. The standard InChI is InChI=1S/C15H18N2O2/c1-19-14-9-12(6-7-13(14)10-16)11-17-8-4-2-3-5-15(17)18/h6-7,9H,2-5,8,11H2,1H3. The molecule has 1 aromatic carbocycles. The van der Waals surface area contributed by atoms with Gasteiger partial charge in [-0.2, -0.15) is 5.26 Å². The molecule has 19 heavy (non-hydrogen) atoms. The molecule has 0 aliphatic carbocycles. The Balaban J connectivity index is 2.14. The molecule has 1 aromatic rings. The van der Waals surface area contributed by atoms with Crippen LogP contribution in [0.25, 0.3) is 0 Å². The van der Waals surface area contributed by atoms with Crippen molar-refractivity contribution in [2.75, 3.05) is 13.7 Å². The molecule has 1 fully saturated rings. The third-order valence-electron chi connectivity index (χ3n) is 3.43. The fraction of sp³-hybridized carbons (Fsp3) is 0.467. The summed E-state index contributed by atoms with van der Waals surface area (Å²) in [4.78, 5) is 13.8. The van der Waals surface area contributed by atoms with Crippen LogP contribution in [-0.2, 0) is 11.3 Å². The Labute approximate surface area is 113 Å². The molecule has 1 heterocycles. The molecule has 0 radical (unpaired) electrons. The summed E-state index contributed by atoms with van der Waals surface area (Å²) in [6, 6.07) is 7.57. The van der Waals surface area contributed by atoms with Crippen LogP contribution in [-0.4, -0.2) is 24.5 Å². The number of ether oxygens (including phenoxy) is 1. The highest BCUT2D eigenvalue weighted by Crippen LogP contribution is 2.21. The van der Waals surface area contributed by atoms with Crippen LogP contribution in [0.3, 0.4) is 0 Å². The highest BCUT2D eigenvalue weighted by molar-refractivity contribution is 5.76. The largest absolute Gasteiger partial charge is 0.495 e. The molecule has 4 nitrogen and oxygen atoms in total. The Morgan fingerprint density at radius 3 is 2.95 bits per heavy atom. The van der Waals surface area contributed by atoms with Crippen LogP contribution >= 0.6 is 0 Å². The van der Waals surface area contributed by atoms with E-state index in [2.05, 4.69) is 6.07 Å². The highest BCUT2D eigenvalue weighted by Gasteiger charge is 2.17. The van der Waals surface area contributed by atoms with Gasteiger partial charge in [-0.25, -0.2) is 0 Å². The number of hydrogen-bond donors (Lipinski definition) is 0. The zero-order valence-corrected chi connectivity index (χ0v) is 11.2. The number of rotatable bonds is 3. The van der Waals surface area contributed by atoms with Crippen molar-refractivity contribution in [1.82, 2.24) is 4.90 Å². The van der Waals surface area contributed by atoms with Crippen molar-refractivity contribution < 1.29 is 9.53 Å². The third kappa shape index (κ3) is 3.25. The fourth-order valence-corrected chi connectivity index (χ4v) is 2.35. The second-order valence-electron chi connectivity index (χ2n) is 4.77. The SMILES string of the molecule is COc1cc(CN2CCCCCC2=O)ccc1C#N. The van der Waals surface area contributed by atoms with Crippen LogP contribution in [0.5, 0.6) is 5.75 Å². The van der Waals surface area contributed by atoms with E-state index in [1.165, 1.54) is 0 Å². The molecule has 1 amide bonds. The van der Waals surface area contributed by atoms with Crippen LogP contribution < -0.4 is 4.74 Å². The van der Waals surface area contributed by atoms with E-state index >= 15 is 0 Å². The zero-order chi connectivity index (χ0) is 13.7. The van der Waals surface area contributed by atoms with E-state index < -0.39 is 0 Å². The third-order valence-corrected chi connectivity index (χ3v) is 3.43. The second-order valence-corrected chi connectivity index (χ2v) is 4.77. The molecule has 4 heteroatoms. The van der Waals surface area contributed by atoms with Crippen LogP contribution in [0.4, 0.5) is 0 Å². The van der Waals surface area contributed by atoms with Crippen molar-refractivity contribution in [3.63, 3.8) is 0 Å². The first-order valence-corrected chi connectivity index (χ1v) is 6.59. The topological polar surface area (TPSA) is 53.3 Å². The summed E-state index contributed by atoms with van der Waals surface area (Å²) in [5.74, 6) is 0.795. The van der Waals surface area contributed by atoms with Crippen LogP contribution in [0, 0.1) is 11.3 Å². The molecule has 0 aromatic heterocycles. The molecule has 1 aliphatic rings. The van der Waals surface area contributed by atoms with Gasteiger partial charge in [-0.3, -0.25) is 4.79 Å². The molecule has 0 spiro atoms. The summed E-state index contributed by atoms with van der Waals surface area (Å²) in [6.07, 6.45) is 3.83. The number of amides is 1. The van der Waals surface area contributed by atoms with Crippen molar-refractivity contribution in [2.45, 2.75) is 32.2 Å². The molecule has 1 aliphatic heterocycles. The van der Waals surface area contributed by atoms with Crippen LogP contribution in [0.1, 0.15) is 36.8 Å². The predicted molar refractivity (Wildman–Crippen MR) is 71.6 cm³/mol. The monoisotopic (exact) mass is 258 g/mol. The maximum Gasteiger partial charge on any atom is 0.222 e. The Morgan fingerprint density at radius 1 is 1.37 bits per heavy atom. The molecule has 2 rings (SSSR count). The van der Waals surface area contributed by atoms with Crippen LogP contribution in [0.2, 0.25) is 0 Å². The first-order valence-electron chi connectivity index (χ1n) is 6.59. The van der Waals surface area contributed by atoms with Gasteiger partial charge in [0.15, 0.2) is 0 Å². The number of carbonyl (C=O) groups is 1. The smallest absolute Gasteiger partial charge is 0.222 e. The van der Waals surface area contributed by atoms with Crippen molar-refractivity contribution in [3.8, 4) is 11.8 Å². The first kappa shape index (κ1) is 13.4. The number of carbonyl (C=O) groups excluding carboxylic acids is 1. The Kier molecular flexibility index (Phi) is 4.40. The summed E-state index contributed by atoms with van der Waals surface area (Å²) < 4.78 is 5.19. The van der Waals surface area contributed by atoms with Crippen molar-refractivity contribution in [3.05, 3.63) is 29.3 Å². The average Bonchev–Trinajstić information content (AvgIpc) is 2.64. The van der Waals surface area contributed by atoms with Gasteiger partial charge in [-0.05, 0) is 30.5 Å². The number of hydrogen-bond acceptors (Lipinski definition) is 3. The van der Waals surface area contributed by atoms with Gasteiger partial charge in [0.2, 0.25) is 5.91 Å². The minimum Gasteiger partial charge on any atom is -0.495 e. The number of benzene rings is 1. The van der Waals surface area contributed by atoms with Crippen LogP contribution in [0.15, 0.2) is 18.2 Å². The van der Waals surface area contributed by atoms with Gasteiger partial charge in [0, 0.05) is 19.5 Å². The summed E-state index contributed by atoms with van der Waals surface area (Å²) in [5.41, 5.74) is 1.53. The average molecular weight is 258 g/mol. The maximum absolute atomic E-state index is 11.9. The summed E-state index contributed by atoms with van der Waals surface area (Å²) >= 11 is 0. The molecular weight excluding hydrogens is 240 g/mol. The number of nitriles is 1. The van der Waals surface area contributed by atoms with Crippen molar-refractivity contribution in [1.29, 1.82) is 5.26 Å². The first-order chi connectivity index (χ1) is 9.24. The summed E-state index contributed by atoms with van der Waals surface area (Å²) in [5, 5.41) is 8.95. The predicted octanol–water partition coefficient (Wildman–Crippen LogP) is 2.47. The van der Waals surface area contributed by atoms with Crippen molar-refractivity contribution >= 4 is 5.91 Å². The quantitative estimate of drug-likeness (QED) is 0.837. The highest BCUT2D eigenvalue weighted by atomic mass is 16.5. The van der Waals surface area contributed by atoms with E-state index in [4.69, 9.17) is 10.00 Å². The van der Waals surface area contributed by atoms with Gasteiger partial charge in [0.25, 0.3) is 0 Å². The van der Waals surface area contributed by atoms with E-state index in [9.17, 15) is 4.79 Å². The maximum atomic E-state index is 11.9. The van der Waals surface area contributed by atoms with Gasteiger partial charge in [-0.15, -0.1) is 0 Å². The van der Waals surface area contributed by atoms with E-state index in [1.807, 2.05) is 17.0 Å². The number of nitrogens with zero attached hydrogens (tertiary/aromatic N) is 2. The second kappa shape index (κ2) is 6.24. The Hall–Kier alpha value is -2.02. The Morgan fingerprint density at radius 2 is 2.21 bits per heavy atom. The molecule has 100 valence electrons. The summed E-state index contributed by atoms with van der Waals surface area (Å²) in [6.45, 7) is 1.42. The van der Waals surface area contributed by atoms with Crippen molar-refractivity contribution in [2.24, 2.45) is 0 Å². The zero-order valence-electron chi connectivity index (χ0n) is 11.2. The molecular formula is C15H18N2O2. The Bertz CT molecular complexity index is 505. The van der Waals surface area contributed by atoms with Gasteiger partial charge in [0.05, 0.1) is 12.7 Å². The lowest BCUT2D eigenvalue weighted by molar-refractivity contribution is -0.131. The van der Waals surface area contributed by atoms with E-state index in [0.29, 0.717) is 24.3 Å². The fourth-order valence-electron chi connectivity index (χ4n) is 2.35. The van der Waals surface area contributed by atoms with Gasteiger partial charge in [0.1, 0.15) is 11.8 Å². The van der Waals surface area contributed by atoms with Gasteiger partial charge < -0.3 is 9.64 Å². The van der Waals surface area contributed by atoms with Gasteiger partial charge in [-0.1, -0.05) is 12.5 Å². The van der Waals surface area contributed by atoms with E-state index in [1.54, 1.807) is 13.2 Å².